The van der Waals surface area contributed by atoms with E-state index in [1.165, 1.54) is 0 Å². The summed E-state index contributed by atoms with van der Waals surface area (Å²) in [5.74, 6) is 0. The summed E-state index contributed by atoms with van der Waals surface area (Å²) in [6.07, 6.45) is 0.866. The van der Waals surface area contributed by atoms with E-state index in [9.17, 15) is 4.79 Å². The Morgan fingerprint density at radius 1 is 1.28 bits per heavy atom. The van der Waals surface area contributed by atoms with E-state index >= 15 is 0 Å². The number of methoxy groups -OCH3 is 2. The van der Waals surface area contributed by atoms with Gasteiger partial charge < -0.3 is 14.4 Å². The molecule has 1 saturated heterocycles. The molecule has 0 spiro atoms. The molecule has 1 aromatic rings. The van der Waals surface area contributed by atoms with Gasteiger partial charge in [-0.1, -0.05) is 11.6 Å². The third-order valence-electron chi connectivity index (χ3n) is 3.30. The number of ether oxygens (including phenoxy) is 2. The van der Waals surface area contributed by atoms with E-state index in [2.05, 4.69) is 4.90 Å². The van der Waals surface area contributed by atoms with E-state index in [1.807, 2.05) is 6.07 Å². The number of carbonyl (C=O) groups excluding carboxylic acids is 1. The summed E-state index contributed by atoms with van der Waals surface area (Å²) in [7, 11) is 3.37. The molecule has 0 N–H and O–H groups in total. The van der Waals surface area contributed by atoms with Gasteiger partial charge in [-0.3, -0.25) is 4.79 Å². The molecule has 5 heteroatoms. The first kappa shape index (κ1) is 13.3. The Bertz CT molecular complexity index is 426. The van der Waals surface area contributed by atoms with Gasteiger partial charge in [0.2, 0.25) is 0 Å². The summed E-state index contributed by atoms with van der Waals surface area (Å²) in [5, 5.41) is 0.470. The van der Waals surface area contributed by atoms with Gasteiger partial charge in [0.1, 0.15) is 12.2 Å². The number of nitrogens with zero attached hydrogens (tertiary/aromatic N) is 1. The Morgan fingerprint density at radius 3 is 2.33 bits per heavy atom. The number of hydrogen-bond acceptors (Lipinski definition) is 4. The zero-order chi connectivity index (χ0) is 13.1. The normalized spacial score (nSPS) is 23.4. The lowest BCUT2D eigenvalue weighted by Crippen LogP contribution is -2.27. The van der Waals surface area contributed by atoms with Crippen LogP contribution in [0.2, 0.25) is 5.02 Å². The highest BCUT2D eigenvalue weighted by Crippen LogP contribution is 2.27. The van der Waals surface area contributed by atoms with Crippen molar-refractivity contribution >= 4 is 23.6 Å². The standard InChI is InChI=1S/C13H16ClNO3/c1-17-12-6-15(7-13(12)18-2)10-4-3-9(8-16)11(14)5-10/h3-5,8,12-13H,6-7H2,1-2H3. The molecule has 1 aliphatic heterocycles. The van der Waals surface area contributed by atoms with Crippen LogP contribution in [-0.2, 0) is 9.47 Å². The number of hydrogen-bond donors (Lipinski definition) is 0. The van der Waals surface area contributed by atoms with Crippen molar-refractivity contribution in [3.8, 4) is 0 Å². The molecule has 1 aromatic carbocycles. The van der Waals surface area contributed by atoms with Gasteiger partial charge >= 0.3 is 0 Å². The molecule has 1 aliphatic rings. The van der Waals surface area contributed by atoms with Crippen LogP contribution in [0.5, 0.6) is 0 Å². The molecule has 0 bridgehead atoms. The molecule has 0 amide bonds. The van der Waals surface area contributed by atoms with Crippen LogP contribution < -0.4 is 4.90 Å². The monoisotopic (exact) mass is 269 g/mol. The minimum Gasteiger partial charge on any atom is -0.377 e. The van der Waals surface area contributed by atoms with Crippen molar-refractivity contribution < 1.29 is 14.3 Å². The molecule has 0 radical (unpaired) electrons. The van der Waals surface area contributed by atoms with Crippen molar-refractivity contribution in [2.75, 3.05) is 32.2 Å². The summed E-state index contributed by atoms with van der Waals surface area (Å²) in [4.78, 5) is 12.9. The van der Waals surface area contributed by atoms with Gasteiger partial charge in [-0.2, -0.15) is 0 Å². The predicted octanol–water partition coefficient (Wildman–Crippen LogP) is 2.00. The zero-order valence-corrected chi connectivity index (χ0v) is 11.2. The molecule has 0 aliphatic carbocycles. The maximum Gasteiger partial charge on any atom is 0.151 e. The van der Waals surface area contributed by atoms with Crippen molar-refractivity contribution in [2.45, 2.75) is 12.2 Å². The minimum absolute atomic E-state index is 0.0551. The molecular formula is C13H16ClNO3. The fraction of sp³-hybridized carbons (Fsp3) is 0.462. The summed E-state index contributed by atoms with van der Waals surface area (Å²) >= 11 is 6.03. The quantitative estimate of drug-likeness (QED) is 0.784. The Hall–Kier alpha value is -1.10. The van der Waals surface area contributed by atoms with Gasteiger partial charge in [0.25, 0.3) is 0 Å². The van der Waals surface area contributed by atoms with Crippen molar-refractivity contribution in [3.63, 3.8) is 0 Å². The van der Waals surface area contributed by atoms with E-state index in [1.54, 1.807) is 26.4 Å². The SMILES string of the molecule is COC1CN(c2ccc(C=O)c(Cl)c2)CC1OC. The predicted molar refractivity (Wildman–Crippen MR) is 70.6 cm³/mol. The maximum atomic E-state index is 10.7. The fourth-order valence-corrected chi connectivity index (χ4v) is 2.44. The topological polar surface area (TPSA) is 38.8 Å². The lowest BCUT2D eigenvalue weighted by Gasteiger charge is -2.18. The van der Waals surface area contributed by atoms with E-state index in [0.717, 1.165) is 25.1 Å². The molecule has 2 unspecified atom stereocenters. The van der Waals surface area contributed by atoms with Crippen LogP contribution in [0.15, 0.2) is 18.2 Å². The van der Waals surface area contributed by atoms with Crippen LogP contribution in [0.1, 0.15) is 10.4 Å². The van der Waals surface area contributed by atoms with Gasteiger partial charge in [0, 0.05) is 38.6 Å². The molecule has 4 nitrogen and oxygen atoms in total. The molecule has 18 heavy (non-hydrogen) atoms. The smallest absolute Gasteiger partial charge is 0.151 e. The minimum atomic E-state index is 0.0551. The second-order valence-electron chi connectivity index (χ2n) is 4.28. The number of carbonyl (C=O) groups is 1. The molecule has 2 rings (SSSR count). The Labute approximate surface area is 111 Å². The van der Waals surface area contributed by atoms with Crippen LogP contribution in [0, 0.1) is 0 Å². The molecule has 1 heterocycles. The van der Waals surface area contributed by atoms with E-state index in [-0.39, 0.29) is 12.2 Å². The summed E-state index contributed by atoms with van der Waals surface area (Å²) in [6.45, 7) is 1.51. The highest BCUT2D eigenvalue weighted by atomic mass is 35.5. The Kier molecular flexibility index (Phi) is 4.22. The maximum absolute atomic E-state index is 10.7. The van der Waals surface area contributed by atoms with E-state index in [0.29, 0.717) is 10.6 Å². The van der Waals surface area contributed by atoms with Crippen LogP contribution in [-0.4, -0.2) is 45.8 Å². The van der Waals surface area contributed by atoms with Gasteiger partial charge in [-0.15, -0.1) is 0 Å². The highest BCUT2D eigenvalue weighted by molar-refractivity contribution is 6.33. The number of benzene rings is 1. The van der Waals surface area contributed by atoms with Crippen molar-refractivity contribution in [1.82, 2.24) is 0 Å². The molecule has 0 aromatic heterocycles. The first-order valence-corrected chi connectivity index (χ1v) is 6.12. The van der Waals surface area contributed by atoms with E-state index in [4.69, 9.17) is 21.1 Å². The number of anilines is 1. The summed E-state index contributed by atoms with van der Waals surface area (Å²) in [5.41, 5.74) is 1.48. The zero-order valence-electron chi connectivity index (χ0n) is 10.4. The highest BCUT2D eigenvalue weighted by Gasteiger charge is 2.33. The average molecular weight is 270 g/mol. The number of rotatable bonds is 4. The molecule has 98 valence electrons. The Balaban J connectivity index is 2.18. The van der Waals surface area contributed by atoms with Crippen LogP contribution >= 0.6 is 11.6 Å². The summed E-state index contributed by atoms with van der Waals surface area (Å²) < 4.78 is 10.8. The Morgan fingerprint density at radius 2 is 1.89 bits per heavy atom. The summed E-state index contributed by atoms with van der Waals surface area (Å²) in [6, 6.07) is 5.42. The number of halogens is 1. The van der Waals surface area contributed by atoms with Gasteiger partial charge in [-0.25, -0.2) is 0 Å². The second-order valence-corrected chi connectivity index (χ2v) is 4.68. The third kappa shape index (κ3) is 2.51. The first-order valence-electron chi connectivity index (χ1n) is 5.75. The van der Waals surface area contributed by atoms with Gasteiger partial charge in [0.15, 0.2) is 6.29 Å². The van der Waals surface area contributed by atoms with Crippen molar-refractivity contribution in [1.29, 1.82) is 0 Å². The largest absolute Gasteiger partial charge is 0.377 e. The third-order valence-corrected chi connectivity index (χ3v) is 3.62. The second kappa shape index (κ2) is 5.69. The van der Waals surface area contributed by atoms with Crippen LogP contribution in [0.3, 0.4) is 0 Å². The molecule has 2 atom stereocenters. The van der Waals surface area contributed by atoms with Crippen LogP contribution in [0.4, 0.5) is 5.69 Å². The lowest BCUT2D eigenvalue weighted by atomic mass is 10.2. The van der Waals surface area contributed by atoms with E-state index < -0.39 is 0 Å². The van der Waals surface area contributed by atoms with Crippen molar-refractivity contribution in [2.24, 2.45) is 0 Å². The average Bonchev–Trinajstić information content (AvgIpc) is 2.81. The first-order chi connectivity index (χ1) is 8.69. The fourth-order valence-electron chi connectivity index (χ4n) is 2.22. The lowest BCUT2D eigenvalue weighted by molar-refractivity contribution is -0.00461. The number of aldehydes is 1. The molecular weight excluding hydrogens is 254 g/mol. The van der Waals surface area contributed by atoms with Crippen molar-refractivity contribution in [3.05, 3.63) is 28.8 Å². The van der Waals surface area contributed by atoms with Gasteiger partial charge in [-0.05, 0) is 18.2 Å². The molecule has 0 saturated carbocycles. The molecule has 1 fully saturated rings. The van der Waals surface area contributed by atoms with Gasteiger partial charge in [0.05, 0.1) is 5.02 Å². The van der Waals surface area contributed by atoms with Crippen LogP contribution in [0.25, 0.3) is 0 Å².